The molecule has 1 N–H and O–H groups in total. The molecule has 0 heterocycles. The first kappa shape index (κ1) is 14.9. The molecule has 2 nitrogen and oxygen atoms in total. The maximum Gasteiger partial charge on any atom is 0.252 e. The van der Waals surface area contributed by atoms with E-state index in [2.05, 4.69) is 21.2 Å². The van der Waals surface area contributed by atoms with Crippen LogP contribution in [0.1, 0.15) is 30.6 Å². The minimum atomic E-state index is -0.328. The molecule has 0 aliphatic rings. The summed E-state index contributed by atoms with van der Waals surface area (Å²) < 4.78 is 13.5. The lowest BCUT2D eigenvalue weighted by atomic mass is 10.0. The number of alkyl halides is 1. The topological polar surface area (TPSA) is 29.1 Å². The predicted molar refractivity (Wildman–Crippen MR) is 79.1 cm³/mol. The van der Waals surface area contributed by atoms with Crippen LogP contribution in [0.5, 0.6) is 0 Å². The molecule has 0 bridgehead atoms. The van der Waals surface area contributed by atoms with Crippen LogP contribution >= 0.6 is 38.5 Å². The van der Waals surface area contributed by atoms with Crippen molar-refractivity contribution in [2.45, 2.75) is 25.8 Å². The van der Waals surface area contributed by atoms with Crippen molar-refractivity contribution in [1.29, 1.82) is 0 Å². The molecule has 5 heteroatoms. The third-order valence-electron chi connectivity index (χ3n) is 2.35. The fraction of sp³-hybridized carbons (Fsp3) is 0.417. The van der Waals surface area contributed by atoms with E-state index in [1.807, 2.05) is 36.4 Å². The second kappa shape index (κ2) is 6.13. The number of hydrogen-bond donors (Lipinski definition) is 1. The standard InChI is InChI=1S/C12H14BrFINO/c1-12(2,5-6-13)16-11(17)9-4-3-8(14)7-10(9)15/h3-4,7H,5-6H2,1-2H3,(H,16,17). The normalized spacial score (nSPS) is 11.4. The molecule has 0 fully saturated rings. The molecule has 17 heavy (non-hydrogen) atoms. The Morgan fingerprint density at radius 1 is 1.53 bits per heavy atom. The highest BCUT2D eigenvalue weighted by Crippen LogP contribution is 2.16. The van der Waals surface area contributed by atoms with Gasteiger partial charge >= 0.3 is 0 Å². The van der Waals surface area contributed by atoms with E-state index in [0.717, 1.165) is 11.8 Å². The number of hydrogen-bond acceptors (Lipinski definition) is 1. The van der Waals surface area contributed by atoms with Gasteiger partial charge in [-0.1, -0.05) is 15.9 Å². The molecule has 0 aromatic heterocycles. The lowest BCUT2D eigenvalue weighted by Gasteiger charge is -2.25. The van der Waals surface area contributed by atoms with Crippen molar-refractivity contribution in [3.8, 4) is 0 Å². The van der Waals surface area contributed by atoms with Crippen molar-refractivity contribution < 1.29 is 9.18 Å². The van der Waals surface area contributed by atoms with E-state index in [9.17, 15) is 9.18 Å². The largest absolute Gasteiger partial charge is 0.347 e. The van der Waals surface area contributed by atoms with E-state index in [1.54, 1.807) is 0 Å². The minimum absolute atomic E-state index is 0.166. The zero-order valence-electron chi connectivity index (χ0n) is 9.69. The SMILES string of the molecule is CC(C)(CCBr)NC(=O)c1ccc(F)cc1I. The van der Waals surface area contributed by atoms with E-state index >= 15 is 0 Å². The summed E-state index contributed by atoms with van der Waals surface area (Å²) in [7, 11) is 0. The Morgan fingerprint density at radius 3 is 2.71 bits per heavy atom. The Hall–Kier alpha value is -0.170. The predicted octanol–water partition coefficient (Wildman–Crippen LogP) is 3.72. The van der Waals surface area contributed by atoms with Crippen LogP contribution < -0.4 is 5.32 Å². The van der Waals surface area contributed by atoms with Crippen molar-refractivity contribution in [1.82, 2.24) is 5.32 Å². The number of nitrogens with one attached hydrogen (secondary N) is 1. The van der Waals surface area contributed by atoms with Gasteiger partial charge in [0.1, 0.15) is 5.82 Å². The van der Waals surface area contributed by atoms with Crippen molar-refractivity contribution in [3.05, 3.63) is 33.1 Å². The van der Waals surface area contributed by atoms with Gasteiger partial charge in [0.15, 0.2) is 0 Å². The molecule has 0 aliphatic heterocycles. The minimum Gasteiger partial charge on any atom is -0.347 e. The Kier molecular flexibility index (Phi) is 5.37. The second-order valence-electron chi connectivity index (χ2n) is 4.40. The van der Waals surface area contributed by atoms with Crippen molar-refractivity contribution >= 4 is 44.4 Å². The van der Waals surface area contributed by atoms with E-state index in [0.29, 0.717) is 9.13 Å². The third-order valence-corrected chi connectivity index (χ3v) is 3.64. The van der Waals surface area contributed by atoms with E-state index in [-0.39, 0.29) is 17.3 Å². The quantitative estimate of drug-likeness (QED) is 0.591. The molecule has 0 unspecified atom stereocenters. The molecular weight excluding hydrogens is 400 g/mol. The zero-order valence-corrected chi connectivity index (χ0v) is 13.4. The van der Waals surface area contributed by atoms with E-state index < -0.39 is 0 Å². The molecule has 0 saturated carbocycles. The number of rotatable bonds is 4. The molecule has 0 radical (unpaired) electrons. The lowest BCUT2D eigenvalue weighted by molar-refractivity contribution is 0.0911. The highest BCUT2D eigenvalue weighted by atomic mass is 127. The van der Waals surface area contributed by atoms with Gasteiger partial charge in [-0.05, 0) is 61.1 Å². The second-order valence-corrected chi connectivity index (χ2v) is 6.36. The maximum absolute atomic E-state index is 12.9. The summed E-state index contributed by atoms with van der Waals surface area (Å²) in [5.74, 6) is -0.494. The zero-order chi connectivity index (χ0) is 13.1. The van der Waals surface area contributed by atoms with Gasteiger partial charge in [0.25, 0.3) is 5.91 Å². The molecule has 0 spiro atoms. The Morgan fingerprint density at radius 2 is 2.18 bits per heavy atom. The summed E-state index contributed by atoms with van der Waals surface area (Å²) in [5, 5.41) is 3.76. The van der Waals surface area contributed by atoms with E-state index in [4.69, 9.17) is 0 Å². The monoisotopic (exact) mass is 413 g/mol. The van der Waals surface area contributed by atoms with Gasteiger partial charge < -0.3 is 5.32 Å². The van der Waals surface area contributed by atoms with Crippen LogP contribution in [0.3, 0.4) is 0 Å². The smallest absolute Gasteiger partial charge is 0.252 e. The summed E-state index contributed by atoms with van der Waals surface area (Å²) >= 11 is 5.32. The Labute approximate surface area is 123 Å². The molecular formula is C12H14BrFINO. The highest BCUT2D eigenvalue weighted by Gasteiger charge is 2.21. The summed E-state index contributed by atoms with van der Waals surface area (Å²) in [6.07, 6.45) is 0.830. The van der Waals surface area contributed by atoms with Crippen LogP contribution in [0.15, 0.2) is 18.2 Å². The molecule has 94 valence electrons. The summed E-state index contributed by atoms with van der Waals surface area (Å²) in [6, 6.07) is 4.16. The Balaban J connectivity index is 2.83. The first-order chi connectivity index (χ1) is 7.85. The van der Waals surface area contributed by atoms with Gasteiger partial charge in [0, 0.05) is 14.4 Å². The molecule has 0 saturated heterocycles. The van der Waals surface area contributed by atoms with Crippen LogP contribution in [-0.4, -0.2) is 16.8 Å². The van der Waals surface area contributed by atoms with Crippen LogP contribution in [-0.2, 0) is 0 Å². The van der Waals surface area contributed by atoms with Crippen LogP contribution in [0.2, 0.25) is 0 Å². The van der Waals surface area contributed by atoms with Crippen LogP contribution in [0.4, 0.5) is 4.39 Å². The average Bonchev–Trinajstić information content (AvgIpc) is 2.15. The number of benzene rings is 1. The van der Waals surface area contributed by atoms with Gasteiger partial charge in [-0.3, -0.25) is 4.79 Å². The number of halogens is 3. The molecule has 1 aromatic carbocycles. The maximum atomic E-state index is 12.9. The summed E-state index contributed by atoms with van der Waals surface area (Å²) in [4.78, 5) is 12.0. The molecule has 0 atom stereocenters. The lowest BCUT2D eigenvalue weighted by Crippen LogP contribution is -2.43. The van der Waals surface area contributed by atoms with E-state index in [1.165, 1.54) is 18.2 Å². The number of carbonyl (C=O) groups excluding carboxylic acids is 1. The first-order valence-corrected chi connectivity index (χ1v) is 7.39. The van der Waals surface area contributed by atoms with Crippen molar-refractivity contribution in [2.24, 2.45) is 0 Å². The third kappa shape index (κ3) is 4.54. The fourth-order valence-corrected chi connectivity index (χ4v) is 3.06. The molecule has 1 rings (SSSR count). The molecule has 1 amide bonds. The van der Waals surface area contributed by atoms with Gasteiger partial charge in [0.2, 0.25) is 0 Å². The van der Waals surface area contributed by atoms with Gasteiger partial charge in [0.05, 0.1) is 5.56 Å². The number of carbonyl (C=O) groups is 1. The highest BCUT2D eigenvalue weighted by molar-refractivity contribution is 14.1. The summed E-state index contributed by atoms with van der Waals surface area (Å²) in [5.41, 5.74) is 0.229. The van der Waals surface area contributed by atoms with Gasteiger partial charge in [-0.25, -0.2) is 4.39 Å². The van der Waals surface area contributed by atoms with Gasteiger partial charge in [-0.2, -0.15) is 0 Å². The van der Waals surface area contributed by atoms with Crippen molar-refractivity contribution in [2.75, 3.05) is 5.33 Å². The van der Waals surface area contributed by atoms with Crippen molar-refractivity contribution in [3.63, 3.8) is 0 Å². The Bertz CT molecular complexity index is 423. The van der Waals surface area contributed by atoms with Crippen LogP contribution in [0.25, 0.3) is 0 Å². The first-order valence-electron chi connectivity index (χ1n) is 5.19. The van der Waals surface area contributed by atoms with Crippen LogP contribution in [0, 0.1) is 9.39 Å². The average molecular weight is 414 g/mol. The number of amides is 1. The summed E-state index contributed by atoms with van der Waals surface area (Å²) in [6.45, 7) is 3.92. The van der Waals surface area contributed by atoms with Gasteiger partial charge in [-0.15, -0.1) is 0 Å². The molecule has 1 aromatic rings. The molecule has 0 aliphatic carbocycles. The fourth-order valence-electron chi connectivity index (χ4n) is 1.35.